The first-order chi connectivity index (χ1) is 16.0. The summed E-state index contributed by atoms with van der Waals surface area (Å²) in [6, 6.07) is 20.9. The molecule has 4 rings (SSSR count). The van der Waals surface area contributed by atoms with Gasteiger partial charge in [0, 0.05) is 39.8 Å². The average molecular weight is 462 g/mol. The number of ether oxygens (including phenoxy) is 2. The molecule has 0 fully saturated rings. The minimum absolute atomic E-state index is 0.369. The molecule has 0 aliphatic heterocycles. The number of halogens is 1. The van der Waals surface area contributed by atoms with Gasteiger partial charge >= 0.3 is 0 Å². The van der Waals surface area contributed by atoms with Crippen LogP contribution in [0.25, 0.3) is 10.9 Å². The molecule has 0 radical (unpaired) electrons. The molecule has 7 heteroatoms. The zero-order chi connectivity index (χ0) is 23.4. The van der Waals surface area contributed by atoms with E-state index in [0.29, 0.717) is 23.6 Å². The SMILES string of the molecule is COc1ccc(C(=O)NN=Cc2c(C)n(Cc3ccccc3Cl)c3ccccc23)c(OC)c1. The molecular weight excluding hydrogens is 438 g/mol. The summed E-state index contributed by atoms with van der Waals surface area (Å²) in [4.78, 5) is 12.7. The Hall–Kier alpha value is -3.77. The third kappa shape index (κ3) is 4.56. The summed E-state index contributed by atoms with van der Waals surface area (Å²) in [6.45, 7) is 2.67. The van der Waals surface area contributed by atoms with Crippen molar-refractivity contribution in [1.82, 2.24) is 9.99 Å². The number of nitrogens with one attached hydrogen (secondary N) is 1. The van der Waals surface area contributed by atoms with Crippen molar-refractivity contribution in [2.45, 2.75) is 13.5 Å². The highest BCUT2D eigenvalue weighted by Crippen LogP contribution is 2.27. The molecular formula is C26H24ClN3O3. The molecule has 168 valence electrons. The largest absolute Gasteiger partial charge is 0.497 e. The van der Waals surface area contributed by atoms with Gasteiger partial charge in [0.2, 0.25) is 0 Å². The third-order valence-electron chi connectivity index (χ3n) is 5.58. The van der Waals surface area contributed by atoms with Gasteiger partial charge in [0.05, 0.1) is 26.0 Å². The normalized spacial score (nSPS) is 11.2. The maximum absolute atomic E-state index is 12.7. The third-order valence-corrected chi connectivity index (χ3v) is 5.95. The number of carbonyl (C=O) groups excluding carboxylic acids is 1. The molecule has 0 aliphatic rings. The van der Waals surface area contributed by atoms with Crippen LogP contribution in [-0.2, 0) is 6.54 Å². The zero-order valence-electron chi connectivity index (χ0n) is 18.6. The first-order valence-electron chi connectivity index (χ1n) is 10.4. The van der Waals surface area contributed by atoms with Crippen LogP contribution in [0.1, 0.15) is 27.2 Å². The first kappa shape index (κ1) is 22.4. The minimum Gasteiger partial charge on any atom is -0.497 e. The molecule has 1 heterocycles. The number of para-hydroxylation sites is 1. The van der Waals surface area contributed by atoms with Crippen molar-refractivity contribution < 1.29 is 14.3 Å². The van der Waals surface area contributed by atoms with Gasteiger partial charge in [0.1, 0.15) is 11.5 Å². The summed E-state index contributed by atoms with van der Waals surface area (Å²) in [7, 11) is 3.06. The van der Waals surface area contributed by atoms with Crippen molar-refractivity contribution in [3.63, 3.8) is 0 Å². The van der Waals surface area contributed by atoms with Crippen molar-refractivity contribution in [2.24, 2.45) is 5.10 Å². The Morgan fingerprint density at radius 1 is 1.06 bits per heavy atom. The Bertz CT molecular complexity index is 1340. The topological polar surface area (TPSA) is 64.8 Å². The number of hydrogen-bond acceptors (Lipinski definition) is 4. The lowest BCUT2D eigenvalue weighted by atomic mass is 10.1. The summed E-state index contributed by atoms with van der Waals surface area (Å²) < 4.78 is 12.7. The van der Waals surface area contributed by atoms with Crippen LogP contribution in [0.5, 0.6) is 11.5 Å². The predicted octanol–water partition coefficient (Wildman–Crippen LogP) is 5.43. The van der Waals surface area contributed by atoms with Gasteiger partial charge in [-0.15, -0.1) is 0 Å². The summed E-state index contributed by atoms with van der Waals surface area (Å²) >= 11 is 6.40. The van der Waals surface area contributed by atoms with E-state index < -0.39 is 0 Å². The molecule has 4 aromatic rings. The molecule has 0 atom stereocenters. The summed E-state index contributed by atoms with van der Waals surface area (Å²) in [5.41, 5.74) is 7.02. The van der Waals surface area contributed by atoms with Crippen molar-refractivity contribution >= 4 is 34.6 Å². The Labute approximate surface area is 197 Å². The highest BCUT2D eigenvalue weighted by Gasteiger charge is 2.15. The molecule has 0 unspecified atom stereocenters. The van der Waals surface area contributed by atoms with Gasteiger partial charge in [-0.2, -0.15) is 5.10 Å². The number of methoxy groups -OCH3 is 2. The number of hydrogen-bond donors (Lipinski definition) is 1. The molecule has 0 bridgehead atoms. The molecule has 0 saturated heterocycles. The fraction of sp³-hybridized carbons (Fsp3) is 0.154. The van der Waals surface area contributed by atoms with E-state index in [4.69, 9.17) is 21.1 Å². The summed E-state index contributed by atoms with van der Waals surface area (Å²) in [5.74, 6) is 0.645. The van der Waals surface area contributed by atoms with E-state index in [1.165, 1.54) is 7.11 Å². The van der Waals surface area contributed by atoms with Gasteiger partial charge < -0.3 is 14.0 Å². The van der Waals surface area contributed by atoms with E-state index in [9.17, 15) is 4.79 Å². The van der Waals surface area contributed by atoms with Crippen LogP contribution in [0.15, 0.2) is 71.8 Å². The van der Waals surface area contributed by atoms with E-state index >= 15 is 0 Å². The maximum Gasteiger partial charge on any atom is 0.275 e. The molecule has 0 spiro atoms. The Kier molecular flexibility index (Phi) is 6.66. The number of benzene rings is 3. The monoisotopic (exact) mass is 461 g/mol. The number of fused-ring (bicyclic) bond motifs is 1. The lowest BCUT2D eigenvalue weighted by Gasteiger charge is -2.10. The van der Waals surface area contributed by atoms with Gasteiger partial charge in [-0.05, 0) is 36.8 Å². The van der Waals surface area contributed by atoms with Gasteiger partial charge in [-0.1, -0.05) is 48.0 Å². The number of aromatic nitrogens is 1. The maximum atomic E-state index is 12.7. The molecule has 1 aromatic heterocycles. The number of rotatable bonds is 7. The first-order valence-corrected chi connectivity index (χ1v) is 10.8. The molecule has 33 heavy (non-hydrogen) atoms. The van der Waals surface area contributed by atoms with Crippen LogP contribution in [0, 0.1) is 6.92 Å². The van der Waals surface area contributed by atoms with E-state index in [1.807, 2.05) is 49.4 Å². The van der Waals surface area contributed by atoms with E-state index in [-0.39, 0.29) is 5.91 Å². The number of hydrazone groups is 1. The van der Waals surface area contributed by atoms with Gasteiger partial charge in [-0.25, -0.2) is 5.43 Å². The Morgan fingerprint density at radius 2 is 1.82 bits per heavy atom. The van der Waals surface area contributed by atoms with Crippen molar-refractivity contribution in [3.05, 3.63) is 94.1 Å². The fourth-order valence-electron chi connectivity index (χ4n) is 3.82. The van der Waals surface area contributed by atoms with E-state index in [1.54, 1.807) is 31.5 Å². The second-order valence-corrected chi connectivity index (χ2v) is 7.87. The molecule has 1 amide bonds. The average Bonchev–Trinajstić information content (AvgIpc) is 3.10. The summed E-state index contributed by atoms with van der Waals surface area (Å²) in [6.07, 6.45) is 1.68. The van der Waals surface area contributed by atoms with Crippen LogP contribution in [0.2, 0.25) is 5.02 Å². The standard InChI is InChI=1S/C26H24ClN3O3/c1-17-22(15-28-29-26(31)21-13-12-19(32-2)14-25(21)33-3)20-9-5-7-11-24(20)30(17)16-18-8-4-6-10-23(18)27/h4-15H,16H2,1-3H3,(H,29,31). The quantitative estimate of drug-likeness (QED) is 0.294. The second-order valence-electron chi connectivity index (χ2n) is 7.46. The fourth-order valence-corrected chi connectivity index (χ4v) is 4.02. The van der Waals surface area contributed by atoms with Crippen molar-refractivity contribution in [2.75, 3.05) is 14.2 Å². The van der Waals surface area contributed by atoms with E-state index in [2.05, 4.69) is 21.2 Å². The lowest BCUT2D eigenvalue weighted by molar-refractivity contribution is 0.0952. The number of amides is 1. The van der Waals surface area contributed by atoms with Crippen LogP contribution in [0.3, 0.4) is 0 Å². The van der Waals surface area contributed by atoms with Crippen LogP contribution in [-0.4, -0.2) is 30.9 Å². The predicted molar refractivity (Wildman–Crippen MR) is 132 cm³/mol. The van der Waals surface area contributed by atoms with Crippen molar-refractivity contribution in [3.8, 4) is 11.5 Å². The van der Waals surface area contributed by atoms with Gasteiger partial charge in [0.15, 0.2) is 0 Å². The van der Waals surface area contributed by atoms with Crippen LogP contribution < -0.4 is 14.9 Å². The van der Waals surface area contributed by atoms with Crippen LogP contribution >= 0.6 is 11.6 Å². The minimum atomic E-state index is -0.372. The Morgan fingerprint density at radius 3 is 2.58 bits per heavy atom. The van der Waals surface area contributed by atoms with Crippen LogP contribution in [0.4, 0.5) is 0 Å². The van der Waals surface area contributed by atoms with Gasteiger partial charge in [0.25, 0.3) is 5.91 Å². The highest BCUT2D eigenvalue weighted by molar-refractivity contribution is 6.31. The zero-order valence-corrected chi connectivity index (χ0v) is 19.4. The van der Waals surface area contributed by atoms with Crippen molar-refractivity contribution in [1.29, 1.82) is 0 Å². The molecule has 6 nitrogen and oxygen atoms in total. The highest BCUT2D eigenvalue weighted by atomic mass is 35.5. The smallest absolute Gasteiger partial charge is 0.275 e. The summed E-state index contributed by atoms with van der Waals surface area (Å²) in [5, 5.41) is 6.01. The molecule has 0 aliphatic carbocycles. The van der Waals surface area contributed by atoms with Gasteiger partial charge in [-0.3, -0.25) is 4.79 Å². The Balaban J connectivity index is 1.62. The number of carbonyl (C=O) groups is 1. The second kappa shape index (κ2) is 9.79. The molecule has 3 aromatic carbocycles. The molecule has 0 saturated carbocycles. The lowest BCUT2D eigenvalue weighted by Crippen LogP contribution is -2.18. The molecule has 1 N–H and O–H groups in total. The van der Waals surface area contributed by atoms with E-state index in [0.717, 1.165) is 32.7 Å². The number of nitrogens with zero attached hydrogens (tertiary/aromatic N) is 2.